The van der Waals surface area contributed by atoms with Gasteiger partial charge in [0.15, 0.2) is 0 Å². The van der Waals surface area contributed by atoms with Crippen LogP contribution in [0.25, 0.3) is 22.3 Å². The number of halogens is 6. The van der Waals surface area contributed by atoms with Crippen molar-refractivity contribution in [1.29, 1.82) is 0 Å². The molecule has 6 aromatic rings. The molecule has 6 nitrogen and oxygen atoms in total. The topological polar surface area (TPSA) is 84.0 Å². The Labute approximate surface area is 319 Å². The second-order valence-electron chi connectivity index (χ2n) is 13.4. The van der Waals surface area contributed by atoms with E-state index in [4.69, 9.17) is 0 Å². The Hall–Kier alpha value is -6.30. The number of aromatic nitrogens is 2. The Kier molecular flexibility index (Phi) is 12.0. The first-order chi connectivity index (χ1) is 26.8. The molecule has 0 radical (unpaired) electrons. The minimum atomic E-state index is -3.24. The Morgan fingerprint density at radius 2 is 1.25 bits per heavy atom. The van der Waals surface area contributed by atoms with E-state index in [2.05, 4.69) is 20.6 Å². The van der Waals surface area contributed by atoms with Crippen molar-refractivity contribution >= 4 is 11.8 Å². The highest BCUT2D eigenvalue weighted by molar-refractivity contribution is 5.94. The summed E-state index contributed by atoms with van der Waals surface area (Å²) in [6.07, 6.45) is 1.64. The summed E-state index contributed by atoms with van der Waals surface area (Å²) in [4.78, 5) is 33.3. The molecule has 0 aliphatic carbocycles. The van der Waals surface area contributed by atoms with E-state index in [1.54, 1.807) is 61.5 Å². The zero-order valence-corrected chi connectivity index (χ0v) is 30.1. The smallest absolute Gasteiger partial charge is 0.274 e. The molecule has 0 aliphatic heterocycles. The maximum Gasteiger partial charge on any atom is 0.274 e. The van der Waals surface area contributed by atoms with Crippen LogP contribution in [0.1, 0.15) is 55.2 Å². The Balaban J connectivity index is 1.000. The van der Waals surface area contributed by atoms with Crippen molar-refractivity contribution in [2.45, 2.75) is 38.0 Å². The summed E-state index contributed by atoms with van der Waals surface area (Å²) in [7, 11) is 0. The molecule has 56 heavy (non-hydrogen) atoms. The van der Waals surface area contributed by atoms with E-state index in [-0.39, 0.29) is 35.2 Å². The quantitative estimate of drug-likeness (QED) is 0.108. The van der Waals surface area contributed by atoms with Gasteiger partial charge in [-0.2, -0.15) is 0 Å². The summed E-state index contributed by atoms with van der Waals surface area (Å²) < 4.78 is 88.3. The molecular formula is C44H36F6N4O2. The molecule has 0 unspecified atom stereocenters. The molecule has 0 bridgehead atoms. The number of rotatable bonds is 14. The fourth-order valence-corrected chi connectivity index (χ4v) is 6.02. The molecule has 0 saturated carbocycles. The number of benzene rings is 4. The van der Waals surface area contributed by atoms with Crippen LogP contribution in [-0.4, -0.2) is 40.8 Å². The van der Waals surface area contributed by atoms with Crippen molar-refractivity contribution in [3.8, 4) is 22.3 Å². The molecule has 0 fully saturated rings. The van der Waals surface area contributed by atoms with Crippen molar-refractivity contribution in [2.75, 3.05) is 13.1 Å². The Morgan fingerprint density at radius 1 is 0.643 bits per heavy atom. The number of nitrogens with zero attached hydrogens (tertiary/aromatic N) is 2. The third-order valence-corrected chi connectivity index (χ3v) is 9.13. The SMILES string of the molecule is Cc1ccc(C(=O)NCC(F)(F)Cc2ccc(-c3cc(Cc4ccc(C(=O)NCCC(F)(F)c5ccc(-c6ccccc6F)cc5)cn4)ccc3F)cc2)cn1. The van der Waals surface area contributed by atoms with Crippen molar-refractivity contribution in [1.82, 2.24) is 20.6 Å². The summed E-state index contributed by atoms with van der Waals surface area (Å²) >= 11 is 0. The van der Waals surface area contributed by atoms with Crippen LogP contribution in [-0.2, 0) is 18.8 Å². The summed E-state index contributed by atoms with van der Waals surface area (Å²) in [6, 6.07) is 28.3. The normalized spacial score (nSPS) is 11.6. The van der Waals surface area contributed by atoms with Gasteiger partial charge >= 0.3 is 0 Å². The number of pyridine rings is 2. The minimum Gasteiger partial charge on any atom is -0.352 e. The molecular weight excluding hydrogens is 730 g/mol. The standard InChI is InChI=1S/C44H36F6N4O2/c1-28-6-10-33(25-52-28)42(56)54-27-43(47,48)24-29-7-11-32(12-8-29)38-23-30(9-19-40(38)46)22-36-18-15-34(26-53-36)41(55)51-21-20-44(49,50)35-16-13-31(14-17-35)37-4-2-3-5-39(37)45/h2-19,23,25-26H,20-22,24,27H2,1H3,(H,51,55)(H,54,56). The van der Waals surface area contributed by atoms with Gasteiger partial charge in [0.05, 0.1) is 17.7 Å². The second-order valence-corrected chi connectivity index (χ2v) is 13.4. The molecule has 0 aliphatic rings. The van der Waals surface area contributed by atoms with E-state index in [0.717, 1.165) is 0 Å². The van der Waals surface area contributed by atoms with E-state index in [0.29, 0.717) is 39.2 Å². The van der Waals surface area contributed by atoms with Crippen molar-refractivity contribution in [3.63, 3.8) is 0 Å². The molecule has 2 heterocycles. The van der Waals surface area contributed by atoms with E-state index < -0.39 is 54.7 Å². The molecule has 0 saturated heterocycles. The van der Waals surface area contributed by atoms with Gasteiger partial charge in [0, 0.05) is 66.3 Å². The predicted octanol–water partition coefficient (Wildman–Crippen LogP) is 9.51. The largest absolute Gasteiger partial charge is 0.352 e. The van der Waals surface area contributed by atoms with Gasteiger partial charge in [-0.25, -0.2) is 26.3 Å². The Morgan fingerprint density at radius 3 is 1.91 bits per heavy atom. The van der Waals surface area contributed by atoms with Crippen LogP contribution in [0.4, 0.5) is 26.3 Å². The zero-order valence-electron chi connectivity index (χ0n) is 30.1. The fourth-order valence-electron chi connectivity index (χ4n) is 6.02. The lowest BCUT2D eigenvalue weighted by atomic mass is 9.98. The Bertz CT molecular complexity index is 2300. The maximum absolute atomic E-state index is 14.9. The first-order valence-electron chi connectivity index (χ1n) is 17.7. The molecule has 2 aromatic heterocycles. The first kappa shape index (κ1) is 39.4. The van der Waals surface area contributed by atoms with Gasteiger partial charge in [0.25, 0.3) is 23.7 Å². The second kappa shape index (κ2) is 17.0. The van der Waals surface area contributed by atoms with Gasteiger partial charge in [-0.15, -0.1) is 0 Å². The van der Waals surface area contributed by atoms with E-state index >= 15 is 0 Å². The lowest BCUT2D eigenvalue weighted by molar-refractivity contribution is -0.0123. The third-order valence-electron chi connectivity index (χ3n) is 9.13. The average Bonchev–Trinajstić information content (AvgIpc) is 3.19. The van der Waals surface area contributed by atoms with Crippen LogP contribution in [0, 0.1) is 18.6 Å². The number of aryl methyl sites for hydroxylation is 1. The summed E-state index contributed by atoms with van der Waals surface area (Å²) in [6.45, 7) is 0.570. The maximum atomic E-state index is 14.9. The highest BCUT2D eigenvalue weighted by Gasteiger charge is 2.32. The molecule has 4 aromatic carbocycles. The summed E-state index contributed by atoms with van der Waals surface area (Å²) in [5.41, 5.74) is 3.86. The van der Waals surface area contributed by atoms with E-state index in [1.807, 2.05) is 0 Å². The zero-order chi connectivity index (χ0) is 39.9. The van der Waals surface area contributed by atoms with Crippen LogP contribution in [0.5, 0.6) is 0 Å². The van der Waals surface area contributed by atoms with Crippen molar-refractivity contribution in [2.24, 2.45) is 0 Å². The van der Waals surface area contributed by atoms with Crippen LogP contribution in [0.15, 0.2) is 128 Å². The number of hydrogen-bond donors (Lipinski definition) is 2. The molecule has 2 N–H and O–H groups in total. The summed E-state index contributed by atoms with van der Waals surface area (Å²) in [5.74, 6) is -8.67. The molecule has 12 heteroatoms. The number of carbonyl (C=O) groups excluding carboxylic acids is 2. The number of nitrogens with one attached hydrogen (secondary N) is 2. The molecule has 0 spiro atoms. The van der Waals surface area contributed by atoms with Crippen LogP contribution < -0.4 is 10.6 Å². The number of alkyl halides is 4. The average molecular weight is 767 g/mol. The van der Waals surface area contributed by atoms with Gasteiger partial charge in [0.2, 0.25) is 0 Å². The number of amides is 2. The predicted molar refractivity (Wildman–Crippen MR) is 202 cm³/mol. The third kappa shape index (κ3) is 10.1. The van der Waals surface area contributed by atoms with Gasteiger partial charge in [0.1, 0.15) is 11.6 Å². The molecule has 2 amide bonds. The lowest BCUT2D eigenvalue weighted by Crippen LogP contribution is -2.38. The summed E-state index contributed by atoms with van der Waals surface area (Å²) in [5, 5.41) is 4.74. The lowest BCUT2D eigenvalue weighted by Gasteiger charge is -2.17. The first-order valence-corrected chi connectivity index (χ1v) is 17.7. The van der Waals surface area contributed by atoms with Gasteiger partial charge < -0.3 is 10.6 Å². The van der Waals surface area contributed by atoms with Crippen LogP contribution in [0.3, 0.4) is 0 Å². The molecule has 0 atom stereocenters. The van der Waals surface area contributed by atoms with Crippen molar-refractivity contribution in [3.05, 3.63) is 178 Å². The monoisotopic (exact) mass is 766 g/mol. The van der Waals surface area contributed by atoms with Crippen LogP contribution >= 0.6 is 0 Å². The van der Waals surface area contributed by atoms with E-state index in [1.165, 1.54) is 73.1 Å². The number of hydrogen-bond acceptors (Lipinski definition) is 4. The minimum absolute atomic E-state index is 0.169. The molecule has 6 rings (SSSR count). The highest BCUT2D eigenvalue weighted by atomic mass is 19.3. The van der Waals surface area contributed by atoms with Gasteiger partial charge in [-0.3, -0.25) is 19.6 Å². The highest BCUT2D eigenvalue weighted by Crippen LogP contribution is 2.33. The van der Waals surface area contributed by atoms with Crippen LogP contribution in [0.2, 0.25) is 0 Å². The molecule has 286 valence electrons. The van der Waals surface area contributed by atoms with Gasteiger partial charge in [-0.05, 0) is 71.6 Å². The number of carbonyl (C=O) groups is 2. The van der Waals surface area contributed by atoms with Crippen molar-refractivity contribution < 1.29 is 35.9 Å². The van der Waals surface area contributed by atoms with E-state index in [9.17, 15) is 35.9 Å². The fraction of sp³-hybridized carbons (Fsp3) is 0.182. The van der Waals surface area contributed by atoms with Gasteiger partial charge in [-0.1, -0.05) is 72.8 Å².